The molecule has 0 aliphatic carbocycles. The maximum atomic E-state index is 13.0. The summed E-state index contributed by atoms with van der Waals surface area (Å²) in [6.45, 7) is 1.05. The number of aromatic nitrogens is 3. The van der Waals surface area contributed by atoms with E-state index in [0.29, 0.717) is 25.1 Å². The van der Waals surface area contributed by atoms with Crippen molar-refractivity contribution in [2.75, 3.05) is 6.54 Å². The molecule has 0 bridgehead atoms. The predicted octanol–water partition coefficient (Wildman–Crippen LogP) is 2.34. The monoisotopic (exact) mass is 288 g/mol. The zero-order chi connectivity index (χ0) is 14.7. The lowest BCUT2D eigenvalue weighted by molar-refractivity contribution is 0.574. The van der Waals surface area contributed by atoms with Crippen molar-refractivity contribution < 1.29 is 8.78 Å². The fourth-order valence-electron chi connectivity index (χ4n) is 2.21. The lowest BCUT2D eigenvalue weighted by atomic mass is 10.2. The van der Waals surface area contributed by atoms with Crippen molar-refractivity contribution in [2.24, 2.45) is 0 Å². The number of nitrogens with zero attached hydrogens (tertiary/aromatic N) is 3. The minimum absolute atomic E-state index is 0.408. The summed E-state index contributed by atoms with van der Waals surface area (Å²) in [6, 6.07) is 9.23. The van der Waals surface area contributed by atoms with E-state index in [4.69, 9.17) is 0 Å². The van der Waals surface area contributed by atoms with Crippen molar-refractivity contribution in [1.29, 1.82) is 0 Å². The zero-order valence-electron chi connectivity index (χ0n) is 11.3. The van der Waals surface area contributed by atoms with E-state index < -0.39 is 11.6 Å². The summed E-state index contributed by atoms with van der Waals surface area (Å²) in [5.41, 5.74) is 1.39. The number of rotatable bonds is 5. The molecule has 1 N–H and O–H groups in total. The standard InChI is InChI=1S/C15H14F2N4/c16-12-7-11(8-13(17)9-12)10-18-5-4-15-20-19-14-3-1-2-6-21(14)15/h1-3,6-9,18H,4-5,10H2. The first-order valence-electron chi connectivity index (χ1n) is 6.67. The molecular weight excluding hydrogens is 274 g/mol. The van der Waals surface area contributed by atoms with Gasteiger partial charge in [-0.15, -0.1) is 10.2 Å². The van der Waals surface area contributed by atoms with Gasteiger partial charge in [-0.25, -0.2) is 8.78 Å². The van der Waals surface area contributed by atoms with Crippen LogP contribution in [-0.4, -0.2) is 21.1 Å². The largest absolute Gasteiger partial charge is 0.312 e. The van der Waals surface area contributed by atoms with Crippen molar-refractivity contribution in [3.8, 4) is 0 Å². The predicted molar refractivity (Wildman–Crippen MR) is 74.8 cm³/mol. The molecular formula is C15H14F2N4. The second kappa shape index (κ2) is 5.97. The summed E-state index contributed by atoms with van der Waals surface area (Å²) in [6.07, 6.45) is 2.59. The van der Waals surface area contributed by atoms with Crippen molar-refractivity contribution >= 4 is 5.65 Å². The van der Waals surface area contributed by atoms with Gasteiger partial charge in [0.15, 0.2) is 5.65 Å². The molecule has 108 valence electrons. The molecule has 0 amide bonds. The molecule has 0 saturated carbocycles. The fourth-order valence-corrected chi connectivity index (χ4v) is 2.21. The van der Waals surface area contributed by atoms with Gasteiger partial charge in [0.1, 0.15) is 17.5 Å². The minimum atomic E-state index is -0.560. The van der Waals surface area contributed by atoms with E-state index in [1.165, 1.54) is 12.1 Å². The van der Waals surface area contributed by atoms with Gasteiger partial charge in [0.25, 0.3) is 0 Å². The molecule has 0 radical (unpaired) electrons. The molecule has 2 heterocycles. The molecule has 0 aliphatic heterocycles. The summed E-state index contributed by atoms with van der Waals surface area (Å²) >= 11 is 0. The Labute approximate surface area is 120 Å². The lowest BCUT2D eigenvalue weighted by Crippen LogP contribution is -2.18. The van der Waals surface area contributed by atoms with Crippen LogP contribution in [0.15, 0.2) is 42.6 Å². The van der Waals surface area contributed by atoms with E-state index in [-0.39, 0.29) is 0 Å². The third-order valence-electron chi connectivity index (χ3n) is 3.16. The topological polar surface area (TPSA) is 42.2 Å². The van der Waals surface area contributed by atoms with Gasteiger partial charge in [0.05, 0.1) is 0 Å². The number of halogens is 2. The van der Waals surface area contributed by atoms with Gasteiger partial charge in [-0.2, -0.15) is 0 Å². The molecule has 4 nitrogen and oxygen atoms in total. The first-order chi connectivity index (χ1) is 10.2. The summed E-state index contributed by atoms with van der Waals surface area (Å²) in [4.78, 5) is 0. The Hall–Kier alpha value is -2.34. The second-order valence-corrected chi connectivity index (χ2v) is 4.75. The van der Waals surface area contributed by atoms with Crippen LogP contribution in [0.1, 0.15) is 11.4 Å². The number of hydrogen-bond acceptors (Lipinski definition) is 3. The van der Waals surface area contributed by atoms with E-state index in [1.54, 1.807) is 0 Å². The molecule has 0 atom stereocenters. The maximum absolute atomic E-state index is 13.0. The Bertz CT molecular complexity index is 734. The first kappa shape index (κ1) is 13.6. The van der Waals surface area contributed by atoms with Crippen LogP contribution in [0, 0.1) is 11.6 Å². The number of nitrogens with one attached hydrogen (secondary N) is 1. The number of hydrogen-bond donors (Lipinski definition) is 1. The van der Waals surface area contributed by atoms with E-state index in [0.717, 1.165) is 17.5 Å². The highest BCUT2D eigenvalue weighted by molar-refractivity contribution is 5.37. The van der Waals surface area contributed by atoms with Crippen LogP contribution in [0.25, 0.3) is 5.65 Å². The molecule has 21 heavy (non-hydrogen) atoms. The normalized spacial score (nSPS) is 11.1. The highest BCUT2D eigenvalue weighted by atomic mass is 19.1. The quantitative estimate of drug-likeness (QED) is 0.733. The third kappa shape index (κ3) is 3.22. The van der Waals surface area contributed by atoms with E-state index >= 15 is 0 Å². The van der Waals surface area contributed by atoms with Gasteiger partial charge in [-0.1, -0.05) is 6.07 Å². The van der Waals surface area contributed by atoms with Crippen LogP contribution >= 0.6 is 0 Å². The van der Waals surface area contributed by atoms with Gasteiger partial charge in [0.2, 0.25) is 0 Å². The van der Waals surface area contributed by atoms with Crippen LogP contribution in [0.4, 0.5) is 8.78 Å². The Kier molecular flexibility index (Phi) is 3.87. The smallest absolute Gasteiger partial charge is 0.160 e. The van der Waals surface area contributed by atoms with Gasteiger partial charge in [0, 0.05) is 31.8 Å². The summed E-state index contributed by atoms with van der Waals surface area (Å²) in [7, 11) is 0. The van der Waals surface area contributed by atoms with Gasteiger partial charge in [-0.05, 0) is 29.8 Å². The fraction of sp³-hybridized carbons (Fsp3) is 0.200. The molecule has 2 aromatic heterocycles. The SMILES string of the molecule is Fc1cc(F)cc(CNCCc2nnc3ccccn23)c1. The van der Waals surface area contributed by atoms with E-state index in [1.807, 2.05) is 28.8 Å². The molecule has 6 heteroatoms. The maximum Gasteiger partial charge on any atom is 0.160 e. The van der Waals surface area contributed by atoms with Crippen LogP contribution in [0.2, 0.25) is 0 Å². The molecule has 0 aliphatic rings. The Morgan fingerprint density at radius 2 is 1.86 bits per heavy atom. The van der Waals surface area contributed by atoms with Crippen LogP contribution in [0.3, 0.4) is 0 Å². The highest BCUT2D eigenvalue weighted by Gasteiger charge is 2.04. The van der Waals surface area contributed by atoms with Gasteiger partial charge >= 0.3 is 0 Å². The molecule has 0 unspecified atom stereocenters. The Morgan fingerprint density at radius 3 is 2.67 bits per heavy atom. The number of pyridine rings is 1. The lowest BCUT2D eigenvalue weighted by Gasteiger charge is -2.05. The second-order valence-electron chi connectivity index (χ2n) is 4.75. The van der Waals surface area contributed by atoms with Crippen molar-refractivity contribution in [1.82, 2.24) is 19.9 Å². The van der Waals surface area contributed by atoms with E-state index in [2.05, 4.69) is 15.5 Å². The zero-order valence-corrected chi connectivity index (χ0v) is 11.3. The summed E-state index contributed by atoms with van der Waals surface area (Å²) in [5, 5.41) is 11.3. The Morgan fingerprint density at radius 1 is 1.05 bits per heavy atom. The highest BCUT2D eigenvalue weighted by Crippen LogP contribution is 2.08. The molecule has 1 aromatic carbocycles. The van der Waals surface area contributed by atoms with Gasteiger partial charge < -0.3 is 5.32 Å². The molecule has 0 saturated heterocycles. The van der Waals surface area contributed by atoms with Crippen LogP contribution < -0.4 is 5.32 Å². The molecule has 3 rings (SSSR count). The van der Waals surface area contributed by atoms with Crippen molar-refractivity contribution in [3.63, 3.8) is 0 Å². The van der Waals surface area contributed by atoms with Crippen molar-refractivity contribution in [3.05, 3.63) is 65.6 Å². The first-order valence-corrected chi connectivity index (χ1v) is 6.67. The van der Waals surface area contributed by atoms with Crippen molar-refractivity contribution in [2.45, 2.75) is 13.0 Å². The minimum Gasteiger partial charge on any atom is -0.312 e. The van der Waals surface area contributed by atoms with Gasteiger partial charge in [-0.3, -0.25) is 4.40 Å². The average Bonchev–Trinajstić information content (AvgIpc) is 2.86. The number of benzene rings is 1. The van der Waals surface area contributed by atoms with Crippen LogP contribution in [-0.2, 0) is 13.0 Å². The summed E-state index contributed by atoms with van der Waals surface area (Å²) < 4.78 is 28.0. The number of fused-ring (bicyclic) bond motifs is 1. The van der Waals surface area contributed by atoms with Crippen LogP contribution in [0.5, 0.6) is 0 Å². The average molecular weight is 288 g/mol. The third-order valence-corrected chi connectivity index (χ3v) is 3.16. The molecule has 0 spiro atoms. The Balaban J connectivity index is 1.56. The molecule has 3 aromatic rings. The summed E-state index contributed by atoms with van der Waals surface area (Å²) in [5.74, 6) is -0.269. The molecule has 0 fully saturated rings. The van der Waals surface area contributed by atoms with E-state index in [9.17, 15) is 8.78 Å².